The van der Waals surface area contributed by atoms with Crippen molar-refractivity contribution >= 4 is 0 Å². The fraction of sp³-hybridized carbons (Fsp3) is 0.250. The molecule has 0 saturated carbocycles. The smallest absolute Gasteiger partial charge is 0.118 e. The quantitative estimate of drug-likeness (QED) is 0.507. The summed E-state index contributed by atoms with van der Waals surface area (Å²) in [7, 11) is 1.67. The lowest BCUT2D eigenvalue weighted by atomic mass is 10.1. The van der Waals surface area contributed by atoms with Gasteiger partial charge < -0.3 is 14.2 Å². The lowest BCUT2D eigenvalue weighted by Crippen LogP contribution is -1.97. The molecule has 0 aliphatic heterocycles. The maximum Gasteiger partial charge on any atom is 0.118 e. The Balaban J connectivity index is 1.39. The molecule has 27 heavy (non-hydrogen) atoms. The average Bonchev–Trinajstić information content (AvgIpc) is 2.71. The second-order valence-corrected chi connectivity index (χ2v) is 6.64. The zero-order chi connectivity index (χ0) is 18.9. The second-order valence-electron chi connectivity index (χ2n) is 6.64. The molecule has 0 N–H and O–H groups in total. The summed E-state index contributed by atoms with van der Waals surface area (Å²) in [6.45, 7) is 4.52. The van der Waals surface area contributed by atoms with E-state index < -0.39 is 0 Å². The molecule has 3 aromatic carbocycles. The third-order valence-corrected chi connectivity index (χ3v) is 4.38. The van der Waals surface area contributed by atoms with Crippen LogP contribution in [0, 0.1) is 6.92 Å². The zero-order valence-corrected chi connectivity index (χ0v) is 16.0. The van der Waals surface area contributed by atoms with Gasteiger partial charge in [0.25, 0.3) is 0 Å². The highest BCUT2D eigenvalue weighted by Crippen LogP contribution is 2.14. The molecular weight excluding hydrogens is 336 g/mol. The van der Waals surface area contributed by atoms with Crippen LogP contribution in [0.4, 0.5) is 0 Å². The molecule has 0 bridgehead atoms. The summed E-state index contributed by atoms with van der Waals surface area (Å²) in [6, 6.07) is 24.8. The summed E-state index contributed by atoms with van der Waals surface area (Å²) in [5.74, 6) is 0.860. The molecule has 3 nitrogen and oxygen atoms in total. The topological polar surface area (TPSA) is 27.7 Å². The van der Waals surface area contributed by atoms with Crippen molar-refractivity contribution < 1.29 is 14.2 Å². The van der Waals surface area contributed by atoms with Gasteiger partial charge >= 0.3 is 0 Å². The van der Waals surface area contributed by atoms with Crippen molar-refractivity contribution in [3.63, 3.8) is 0 Å². The lowest BCUT2D eigenvalue weighted by molar-refractivity contribution is 0.105. The first kappa shape index (κ1) is 19.2. The lowest BCUT2D eigenvalue weighted by Gasteiger charge is -2.08. The number of benzene rings is 3. The van der Waals surface area contributed by atoms with E-state index in [2.05, 4.69) is 55.5 Å². The Hall–Kier alpha value is -2.62. The Labute approximate surface area is 161 Å². The van der Waals surface area contributed by atoms with Gasteiger partial charge in [0.15, 0.2) is 0 Å². The predicted molar refractivity (Wildman–Crippen MR) is 108 cm³/mol. The number of hydrogen-bond donors (Lipinski definition) is 0. The van der Waals surface area contributed by atoms with E-state index in [0.717, 1.165) is 16.9 Å². The molecule has 0 heterocycles. The third kappa shape index (κ3) is 6.24. The van der Waals surface area contributed by atoms with Crippen LogP contribution in [0.15, 0.2) is 72.8 Å². The van der Waals surface area contributed by atoms with Gasteiger partial charge in [0.2, 0.25) is 0 Å². The second kappa shape index (κ2) is 9.91. The number of ether oxygens (including phenoxy) is 3. The van der Waals surface area contributed by atoms with Gasteiger partial charge in [0.05, 0.1) is 33.5 Å². The first-order chi connectivity index (χ1) is 13.2. The number of methoxy groups -OCH3 is 1. The van der Waals surface area contributed by atoms with Crippen LogP contribution in [-0.4, -0.2) is 7.11 Å². The first-order valence-electron chi connectivity index (χ1n) is 9.15. The van der Waals surface area contributed by atoms with Crippen molar-refractivity contribution in [1.29, 1.82) is 0 Å². The molecule has 0 amide bonds. The first-order valence-corrected chi connectivity index (χ1v) is 9.15. The molecule has 3 aromatic rings. The summed E-state index contributed by atoms with van der Waals surface area (Å²) < 4.78 is 16.8. The van der Waals surface area contributed by atoms with Gasteiger partial charge in [0, 0.05) is 0 Å². The monoisotopic (exact) mass is 362 g/mol. The average molecular weight is 362 g/mol. The molecule has 3 heteroatoms. The van der Waals surface area contributed by atoms with E-state index in [-0.39, 0.29) is 0 Å². The van der Waals surface area contributed by atoms with Crippen molar-refractivity contribution in [2.75, 3.05) is 7.11 Å². The van der Waals surface area contributed by atoms with Crippen LogP contribution in [0.3, 0.4) is 0 Å². The third-order valence-electron chi connectivity index (χ3n) is 4.38. The molecule has 0 aromatic heterocycles. The molecule has 0 fully saturated rings. The molecule has 0 aliphatic rings. The normalized spacial score (nSPS) is 10.7. The van der Waals surface area contributed by atoms with Gasteiger partial charge in [-0.25, -0.2) is 0 Å². The highest BCUT2D eigenvalue weighted by atomic mass is 16.5. The van der Waals surface area contributed by atoms with Crippen LogP contribution >= 0.6 is 0 Å². The summed E-state index contributed by atoms with van der Waals surface area (Å²) in [6.07, 6.45) is 0. The van der Waals surface area contributed by atoms with E-state index in [1.165, 1.54) is 16.7 Å². The maximum absolute atomic E-state index is 5.80. The largest absolute Gasteiger partial charge is 0.497 e. The van der Waals surface area contributed by atoms with Gasteiger partial charge in [-0.1, -0.05) is 66.2 Å². The predicted octanol–water partition coefficient (Wildman–Crippen LogP) is 5.44. The van der Waals surface area contributed by atoms with Gasteiger partial charge in [-0.2, -0.15) is 0 Å². The van der Waals surface area contributed by atoms with Crippen LogP contribution in [-0.2, 0) is 35.9 Å². The maximum atomic E-state index is 5.80. The van der Waals surface area contributed by atoms with Gasteiger partial charge in [-0.3, -0.25) is 0 Å². The van der Waals surface area contributed by atoms with Crippen molar-refractivity contribution in [1.82, 2.24) is 0 Å². The van der Waals surface area contributed by atoms with E-state index in [4.69, 9.17) is 14.2 Å². The van der Waals surface area contributed by atoms with Crippen LogP contribution < -0.4 is 4.74 Å². The molecule has 0 aliphatic carbocycles. The van der Waals surface area contributed by atoms with Gasteiger partial charge in [-0.15, -0.1) is 0 Å². The molecule has 0 radical (unpaired) electrons. The van der Waals surface area contributed by atoms with E-state index >= 15 is 0 Å². The highest BCUT2D eigenvalue weighted by molar-refractivity contribution is 5.27. The molecule has 0 atom stereocenters. The molecule has 0 unspecified atom stereocenters. The van der Waals surface area contributed by atoms with Crippen LogP contribution in [0.25, 0.3) is 0 Å². The Bertz CT molecular complexity index is 806. The number of aryl methyl sites for hydroxylation is 1. The molecule has 3 rings (SSSR count). The van der Waals surface area contributed by atoms with Gasteiger partial charge in [-0.05, 0) is 41.3 Å². The van der Waals surface area contributed by atoms with Crippen molar-refractivity contribution in [3.8, 4) is 5.75 Å². The Morgan fingerprint density at radius 3 is 1.22 bits per heavy atom. The number of rotatable bonds is 9. The molecule has 0 spiro atoms. The SMILES string of the molecule is COc1ccc(COCc2ccc(COCc3ccc(C)cc3)cc2)cc1. The fourth-order valence-electron chi connectivity index (χ4n) is 2.71. The minimum atomic E-state index is 0.589. The molecule has 140 valence electrons. The van der Waals surface area contributed by atoms with E-state index in [1.807, 2.05) is 24.3 Å². The fourth-order valence-corrected chi connectivity index (χ4v) is 2.71. The van der Waals surface area contributed by atoms with E-state index in [1.54, 1.807) is 7.11 Å². The Morgan fingerprint density at radius 2 is 0.852 bits per heavy atom. The summed E-state index contributed by atoms with van der Waals surface area (Å²) in [4.78, 5) is 0. The number of hydrogen-bond acceptors (Lipinski definition) is 3. The van der Waals surface area contributed by atoms with Crippen molar-refractivity contribution in [2.24, 2.45) is 0 Å². The summed E-state index contributed by atoms with van der Waals surface area (Å²) >= 11 is 0. The van der Waals surface area contributed by atoms with Crippen LogP contribution in [0.1, 0.15) is 27.8 Å². The minimum absolute atomic E-state index is 0.589. The van der Waals surface area contributed by atoms with Crippen molar-refractivity contribution in [2.45, 2.75) is 33.4 Å². The Morgan fingerprint density at radius 1 is 0.519 bits per heavy atom. The minimum Gasteiger partial charge on any atom is -0.497 e. The van der Waals surface area contributed by atoms with Gasteiger partial charge in [0.1, 0.15) is 5.75 Å². The zero-order valence-electron chi connectivity index (χ0n) is 16.0. The summed E-state index contributed by atoms with van der Waals surface area (Å²) in [5.41, 5.74) is 5.93. The highest BCUT2D eigenvalue weighted by Gasteiger charge is 1.99. The van der Waals surface area contributed by atoms with Crippen LogP contribution in [0.2, 0.25) is 0 Å². The van der Waals surface area contributed by atoms with E-state index in [9.17, 15) is 0 Å². The summed E-state index contributed by atoms with van der Waals surface area (Å²) in [5, 5.41) is 0. The Kier molecular flexibility index (Phi) is 7.03. The van der Waals surface area contributed by atoms with Crippen LogP contribution in [0.5, 0.6) is 5.75 Å². The van der Waals surface area contributed by atoms with E-state index in [0.29, 0.717) is 26.4 Å². The van der Waals surface area contributed by atoms with Crippen molar-refractivity contribution in [3.05, 3.63) is 101 Å². The molecule has 0 saturated heterocycles. The standard InChI is InChI=1S/C24H26O3/c1-19-3-5-20(6-4-19)15-26-16-21-7-9-22(10-8-21)17-27-18-23-11-13-24(25-2)14-12-23/h3-14H,15-18H2,1-2H3. The molecular formula is C24H26O3.